The zero-order valence-corrected chi connectivity index (χ0v) is 9.62. The Morgan fingerprint density at radius 3 is 2.60 bits per heavy atom. The Morgan fingerprint density at radius 1 is 1.47 bits per heavy atom. The molecule has 82 valence electrons. The quantitative estimate of drug-likeness (QED) is 0.447. The number of rotatable bonds is 4. The van der Waals surface area contributed by atoms with E-state index >= 15 is 0 Å². The third-order valence-corrected chi connectivity index (χ3v) is 2.38. The lowest BCUT2D eigenvalue weighted by atomic mass is 10.0. The summed E-state index contributed by atoms with van der Waals surface area (Å²) in [7, 11) is 4.04. The Kier molecular flexibility index (Phi) is 3.88. The average Bonchev–Trinajstić information content (AvgIpc) is 2.18. The maximum Gasteiger partial charge on any atom is 0.0665 e. The molecule has 15 heavy (non-hydrogen) atoms. The van der Waals surface area contributed by atoms with Crippen molar-refractivity contribution in [3.63, 3.8) is 0 Å². The number of hydrogen-bond donors (Lipinski definition) is 2. The number of nitrogens with one attached hydrogen (secondary N) is 1. The third kappa shape index (κ3) is 2.81. The van der Waals surface area contributed by atoms with Gasteiger partial charge in [-0.05, 0) is 24.6 Å². The second-order valence-electron chi connectivity index (χ2n) is 3.94. The largest absolute Gasteiger partial charge is 0.378 e. The predicted molar refractivity (Wildman–Crippen MR) is 65.6 cm³/mol. The van der Waals surface area contributed by atoms with Crippen LogP contribution in [0.15, 0.2) is 36.4 Å². The van der Waals surface area contributed by atoms with E-state index in [1.807, 2.05) is 33.2 Å². The molecule has 0 saturated carbocycles. The van der Waals surface area contributed by atoms with Crippen molar-refractivity contribution in [2.45, 2.75) is 13.0 Å². The molecule has 3 N–H and O–H groups in total. The summed E-state index contributed by atoms with van der Waals surface area (Å²) in [6.45, 7) is 5.89. The summed E-state index contributed by atoms with van der Waals surface area (Å²) in [6, 6.07) is 8.27. The fraction of sp³-hybridized carbons (Fsp3) is 0.333. The lowest BCUT2D eigenvalue weighted by Crippen LogP contribution is -2.28. The Balaban J connectivity index is 3.03. The number of benzene rings is 1. The van der Waals surface area contributed by atoms with Gasteiger partial charge in [-0.15, -0.1) is 0 Å². The van der Waals surface area contributed by atoms with Gasteiger partial charge in [-0.2, -0.15) is 0 Å². The number of nitrogens with zero attached hydrogens (tertiary/aromatic N) is 1. The molecule has 0 heterocycles. The SMILES string of the molecule is C=C(C)C(NN)c1cccc(N(C)C)c1. The Hall–Kier alpha value is -1.32. The summed E-state index contributed by atoms with van der Waals surface area (Å²) in [5.41, 5.74) is 6.07. The predicted octanol–water partition coefficient (Wildman–Crippen LogP) is 1.83. The van der Waals surface area contributed by atoms with Crippen LogP contribution in [0.2, 0.25) is 0 Å². The highest BCUT2D eigenvalue weighted by molar-refractivity contribution is 5.48. The Bertz CT molecular complexity index is 344. The molecule has 1 atom stereocenters. The van der Waals surface area contributed by atoms with Crippen LogP contribution in [0, 0.1) is 0 Å². The van der Waals surface area contributed by atoms with Gasteiger partial charge in [0, 0.05) is 19.8 Å². The van der Waals surface area contributed by atoms with Gasteiger partial charge in [0.1, 0.15) is 0 Å². The monoisotopic (exact) mass is 205 g/mol. The van der Waals surface area contributed by atoms with E-state index in [-0.39, 0.29) is 6.04 Å². The molecule has 0 amide bonds. The van der Waals surface area contributed by atoms with Crippen molar-refractivity contribution in [2.24, 2.45) is 5.84 Å². The van der Waals surface area contributed by atoms with Crippen LogP contribution in [0.1, 0.15) is 18.5 Å². The van der Waals surface area contributed by atoms with E-state index in [1.165, 1.54) is 0 Å². The molecule has 3 nitrogen and oxygen atoms in total. The zero-order chi connectivity index (χ0) is 11.4. The standard InChI is InChI=1S/C12H19N3/c1-9(2)12(14-13)10-6-5-7-11(8-10)15(3)4/h5-8,12,14H,1,13H2,2-4H3. The molecule has 0 aliphatic rings. The van der Waals surface area contributed by atoms with Crippen LogP contribution in [-0.2, 0) is 0 Å². The summed E-state index contributed by atoms with van der Waals surface area (Å²) in [6.07, 6.45) is 0. The van der Waals surface area contributed by atoms with E-state index in [0.717, 1.165) is 16.8 Å². The summed E-state index contributed by atoms with van der Waals surface area (Å²) < 4.78 is 0. The van der Waals surface area contributed by atoms with Gasteiger partial charge < -0.3 is 4.90 Å². The van der Waals surface area contributed by atoms with Crippen LogP contribution in [0.3, 0.4) is 0 Å². The highest BCUT2D eigenvalue weighted by Crippen LogP contribution is 2.23. The summed E-state index contributed by atoms with van der Waals surface area (Å²) >= 11 is 0. The third-order valence-electron chi connectivity index (χ3n) is 2.38. The molecule has 1 aromatic carbocycles. The van der Waals surface area contributed by atoms with Gasteiger partial charge in [-0.1, -0.05) is 24.3 Å². The summed E-state index contributed by atoms with van der Waals surface area (Å²) in [5, 5.41) is 0. The number of nitrogens with two attached hydrogens (primary N) is 1. The van der Waals surface area contributed by atoms with E-state index in [1.54, 1.807) is 0 Å². The lowest BCUT2D eigenvalue weighted by Gasteiger charge is -2.19. The minimum Gasteiger partial charge on any atom is -0.378 e. The number of hydrazine groups is 1. The van der Waals surface area contributed by atoms with Crippen LogP contribution in [-0.4, -0.2) is 14.1 Å². The summed E-state index contributed by atoms with van der Waals surface area (Å²) in [5.74, 6) is 5.51. The first-order valence-corrected chi connectivity index (χ1v) is 4.95. The Morgan fingerprint density at radius 2 is 2.13 bits per heavy atom. The van der Waals surface area contributed by atoms with Crippen LogP contribution >= 0.6 is 0 Å². The van der Waals surface area contributed by atoms with Crippen molar-refractivity contribution in [3.05, 3.63) is 42.0 Å². The molecule has 0 radical (unpaired) electrons. The topological polar surface area (TPSA) is 41.3 Å². The molecule has 1 aromatic rings. The van der Waals surface area contributed by atoms with Gasteiger partial charge in [0.2, 0.25) is 0 Å². The van der Waals surface area contributed by atoms with Crippen LogP contribution in [0.4, 0.5) is 5.69 Å². The number of hydrogen-bond acceptors (Lipinski definition) is 3. The molecule has 0 aliphatic heterocycles. The van der Waals surface area contributed by atoms with Gasteiger partial charge in [0.05, 0.1) is 6.04 Å². The van der Waals surface area contributed by atoms with Gasteiger partial charge in [0.25, 0.3) is 0 Å². The Labute approximate surface area is 91.6 Å². The van der Waals surface area contributed by atoms with Crippen LogP contribution in [0.25, 0.3) is 0 Å². The maximum atomic E-state index is 5.51. The molecule has 0 saturated heterocycles. The van der Waals surface area contributed by atoms with E-state index in [4.69, 9.17) is 5.84 Å². The second kappa shape index (κ2) is 4.96. The van der Waals surface area contributed by atoms with Crippen molar-refractivity contribution >= 4 is 5.69 Å². The maximum absolute atomic E-state index is 5.51. The minimum absolute atomic E-state index is 0.0184. The first kappa shape index (κ1) is 11.8. The molecule has 0 aromatic heterocycles. The molecule has 3 heteroatoms. The minimum atomic E-state index is 0.0184. The molecule has 0 aliphatic carbocycles. The molecule has 1 rings (SSSR count). The summed E-state index contributed by atoms with van der Waals surface area (Å²) in [4.78, 5) is 2.06. The van der Waals surface area contributed by atoms with Crippen molar-refractivity contribution in [1.29, 1.82) is 0 Å². The van der Waals surface area contributed by atoms with E-state index in [9.17, 15) is 0 Å². The van der Waals surface area contributed by atoms with Crippen molar-refractivity contribution < 1.29 is 0 Å². The first-order chi connectivity index (χ1) is 7.06. The molecule has 0 spiro atoms. The van der Waals surface area contributed by atoms with E-state index in [2.05, 4.69) is 29.0 Å². The highest BCUT2D eigenvalue weighted by Gasteiger charge is 2.10. The first-order valence-electron chi connectivity index (χ1n) is 4.95. The lowest BCUT2D eigenvalue weighted by molar-refractivity contribution is 0.627. The van der Waals surface area contributed by atoms with Gasteiger partial charge >= 0.3 is 0 Å². The molecular formula is C12H19N3. The van der Waals surface area contributed by atoms with E-state index < -0.39 is 0 Å². The normalized spacial score (nSPS) is 12.3. The molecule has 0 bridgehead atoms. The zero-order valence-electron chi connectivity index (χ0n) is 9.62. The highest BCUT2D eigenvalue weighted by atomic mass is 15.2. The van der Waals surface area contributed by atoms with Crippen molar-refractivity contribution in [3.8, 4) is 0 Å². The van der Waals surface area contributed by atoms with Crippen molar-refractivity contribution in [1.82, 2.24) is 5.43 Å². The molecular weight excluding hydrogens is 186 g/mol. The van der Waals surface area contributed by atoms with Gasteiger partial charge in [-0.25, -0.2) is 5.43 Å². The van der Waals surface area contributed by atoms with Gasteiger partial charge in [0.15, 0.2) is 0 Å². The van der Waals surface area contributed by atoms with Gasteiger partial charge in [-0.3, -0.25) is 5.84 Å². The van der Waals surface area contributed by atoms with Crippen LogP contribution in [0.5, 0.6) is 0 Å². The number of anilines is 1. The fourth-order valence-electron chi connectivity index (χ4n) is 1.51. The fourth-order valence-corrected chi connectivity index (χ4v) is 1.51. The van der Waals surface area contributed by atoms with E-state index in [0.29, 0.717) is 0 Å². The molecule has 1 unspecified atom stereocenters. The smallest absolute Gasteiger partial charge is 0.0665 e. The second-order valence-corrected chi connectivity index (χ2v) is 3.94. The average molecular weight is 205 g/mol. The van der Waals surface area contributed by atoms with Crippen LogP contribution < -0.4 is 16.2 Å². The molecule has 0 fully saturated rings. The van der Waals surface area contributed by atoms with Crippen molar-refractivity contribution in [2.75, 3.05) is 19.0 Å².